The Balaban J connectivity index is 1.83. The predicted octanol–water partition coefficient (Wildman–Crippen LogP) is 3.83. The minimum atomic E-state index is -0.000360. The highest BCUT2D eigenvalue weighted by Gasteiger charge is 2.24. The molecule has 4 heteroatoms. The van der Waals surface area contributed by atoms with Gasteiger partial charge in [0, 0.05) is 17.9 Å². The molecule has 0 aromatic heterocycles. The number of thioether (sulfide) groups is 1. The van der Waals surface area contributed by atoms with Gasteiger partial charge in [-0.1, -0.05) is 66.4 Å². The number of nitrogens with zero attached hydrogens (tertiary/aromatic N) is 1. The van der Waals surface area contributed by atoms with Gasteiger partial charge in [-0.05, 0) is 23.3 Å². The second-order valence-electron chi connectivity index (χ2n) is 4.51. The van der Waals surface area contributed by atoms with Crippen molar-refractivity contribution in [3.05, 3.63) is 60.2 Å². The number of thiocarbonyl (C=S) groups is 1. The first-order chi connectivity index (χ1) is 9.75. The summed E-state index contributed by atoms with van der Waals surface area (Å²) < 4.78 is 0.683. The molecule has 2 nitrogen and oxygen atoms in total. The smallest absolute Gasteiger partial charge is 0.259 e. The number of benzene rings is 2. The van der Waals surface area contributed by atoms with E-state index in [4.69, 9.17) is 12.2 Å². The van der Waals surface area contributed by atoms with Crippen LogP contribution in [0.5, 0.6) is 0 Å². The van der Waals surface area contributed by atoms with Gasteiger partial charge in [0.15, 0.2) is 0 Å². The molecule has 0 saturated carbocycles. The molecule has 1 heterocycles. The summed E-state index contributed by atoms with van der Waals surface area (Å²) in [7, 11) is 0. The van der Waals surface area contributed by atoms with Crippen molar-refractivity contribution in [2.45, 2.75) is 0 Å². The summed E-state index contributed by atoms with van der Waals surface area (Å²) in [5, 5.41) is 0. The molecule has 0 bridgehead atoms. The second kappa shape index (κ2) is 5.77. The number of rotatable bonds is 2. The van der Waals surface area contributed by atoms with Crippen LogP contribution in [0, 0.1) is 0 Å². The minimum absolute atomic E-state index is 0.000360. The topological polar surface area (TPSA) is 20.3 Å². The quantitative estimate of drug-likeness (QED) is 0.786. The van der Waals surface area contributed by atoms with E-state index in [0.717, 1.165) is 16.9 Å². The Morgan fingerprint density at radius 3 is 2.25 bits per heavy atom. The van der Waals surface area contributed by atoms with Gasteiger partial charge in [-0.25, -0.2) is 0 Å². The van der Waals surface area contributed by atoms with Crippen molar-refractivity contribution in [1.29, 1.82) is 0 Å². The average Bonchev–Trinajstić information content (AvgIpc) is 2.94. The Kier molecular flexibility index (Phi) is 3.85. The van der Waals surface area contributed by atoms with Crippen molar-refractivity contribution in [2.75, 3.05) is 12.3 Å². The molecular weight excluding hydrogens is 286 g/mol. The van der Waals surface area contributed by atoms with Gasteiger partial charge in [0.2, 0.25) is 0 Å². The lowest BCUT2D eigenvalue weighted by atomic mass is 10.0. The number of carbonyl (C=O) groups excluding carboxylic acids is 1. The van der Waals surface area contributed by atoms with Crippen LogP contribution in [-0.2, 0) is 0 Å². The van der Waals surface area contributed by atoms with E-state index in [-0.39, 0.29) is 5.91 Å². The first-order valence-corrected chi connectivity index (χ1v) is 7.79. The zero-order valence-corrected chi connectivity index (χ0v) is 12.4. The van der Waals surface area contributed by atoms with Gasteiger partial charge >= 0.3 is 0 Å². The number of amides is 1. The van der Waals surface area contributed by atoms with Gasteiger partial charge < -0.3 is 0 Å². The standard InChI is InChI=1S/C16H13NOS2/c18-15(17-10-11-20-16(17)19)14-8-6-13(7-9-14)12-4-2-1-3-5-12/h1-9H,10-11H2. The van der Waals surface area contributed by atoms with Crippen LogP contribution in [-0.4, -0.2) is 27.4 Å². The van der Waals surface area contributed by atoms with Gasteiger partial charge in [0.25, 0.3) is 5.91 Å². The van der Waals surface area contributed by atoms with E-state index in [1.54, 1.807) is 16.7 Å². The van der Waals surface area contributed by atoms with E-state index in [9.17, 15) is 4.79 Å². The highest BCUT2D eigenvalue weighted by molar-refractivity contribution is 8.23. The van der Waals surface area contributed by atoms with Crippen LogP contribution in [0.1, 0.15) is 10.4 Å². The molecule has 2 aromatic rings. The molecule has 0 N–H and O–H groups in total. The van der Waals surface area contributed by atoms with E-state index in [2.05, 4.69) is 12.1 Å². The molecule has 20 heavy (non-hydrogen) atoms. The number of carbonyl (C=O) groups is 1. The first kappa shape index (κ1) is 13.3. The number of hydrogen-bond acceptors (Lipinski definition) is 3. The van der Waals surface area contributed by atoms with Crippen LogP contribution in [0.25, 0.3) is 11.1 Å². The SMILES string of the molecule is O=C(c1ccc(-c2ccccc2)cc1)N1CCSC1=S. The molecule has 1 aliphatic rings. The molecule has 1 saturated heterocycles. The maximum atomic E-state index is 12.3. The Hall–Kier alpha value is -1.65. The summed E-state index contributed by atoms with van der Waals surface area (Å²) in [4.78, 5) is 14.0. The van der Waals surface area contributed by atoms with E-state index in [1.165, 1.54) is 0 Å². The van der Waals surface area contributed by atoms with Crippen LogP contribution in [0.3, 0.4) is 0 Å². The Bertz CT molecular complexity index is 637. The summed E-state index contributed by atoms with van der Waals surface area (Å²) in [5.41, 5.74) is 2.95. The monoisotopic (exact) mass is 299 g/mol. The van der Waals surface area contributed by atoms with Gasteiger partial charge in [-0.2, -0.15) is 0 Å². The van der Waals surface area contributed by atoms with Gasteiger partial charge in [0.05, 0.1) is 0 Å². The van der Waals surface area contributed by atoms with E-state index in [0.29, 0.717) is 16.4 Å². The van der Waals surface area contributed by atoms with Crippen molar-refractivity contribution in [3.8, 4) is 11.1 Å². The van der Waals surface area contributed by atoms with Crippen molar-refractivity contribution < 1.29 is 4.79 Å². The highest BCUT2D eigenvalue weighted by atomic mass is 32.2. The third-order valence-electron chi connectivity index (χ3n) is 3.24. The van der Waals surface area contributed by atoms with Crippen LogP contribution < -0.4 is 0 Å². The Morgan fingerprint density at radius 1 is 1.00 bits per heavy atom. The lowest BCUT2D eigenvalue weighted by Crippen LogP contribution is -2.30. The second-order valence-corrected chi connectivity index (χ2v) is 6.24. The third kappa shape index (κ3) is 2.62. The van der Waals surface area contributed by atoms with Crippen molar-refractivity contribution in [2.24, 2.45) is 0 Å². The molecule has 0 spiro atoms. The van der Waals surface area contributed by atoms with Crippen molar-refractivity contribution in [1.82, 2.24) is 4.90 Å². The normalized spacial score (nSPS) is 14.6. The predicted molar refractivity (Wildman–Crippen MR) is 88.0 cm³/mol. The molecule has 1 fully saturated rings. The maximum absolute atomic E-state index is 12.3. The fourth-order valence-corrected chi connectivity index (χ4v) is 3.37. The number of hydrogen-bond donors (Lipinski definition) is 0. The molecule has 0 unspecified atom stereocenters. The third-order valence-corrected chi connectivity index (χ3v) is 4.67. The lowest BCUT2D eigenvalue weighted by molar-refractivity contribution is 0.0861. The average molecular weight is 299 g/mol. The fourth-order valence-electron chi connectivity index (χ4n) is 2.17. The van der Waals surface area contributed by atoms with E-state index in [1.807, 2.05) is 42.5 Å². The van der Waals surface area contributed by atoms with Gasteiger partial charge in [0.1, 0.15) is 4.32 Å². The Morgan fingerprint density at radius 2 is 1.65 bits per heavy atom. The van der Waals surface area contributed by atoms with Crippen LogP contribution in [0.15, 0.2) is 54.6 Å². The molecule has 1 aliphatic heterocycles. The van der Waals surface area contributed by atoms with E-state index < -0.39 is 0 Å². The zero-order chi connectivity index (χ0) is 13.9. The largest absolute Gasteiger partial charge is 0.293 e. The van der Waals surface area contributed by atoms with Crippen LogP contribution in [0.2, 0.25) is 0 Å². The highest BCUT2D eigenvalue weighted by Crippen LogP contribution is 2.23. The lowest BCUT2D eigenvalue weighted by Gasteiger charge is -2.14. The Labute approximate surface area is 127 Å². The molecule has 0 atom stereocenters. The van der Waals surface area contributed by atoms with Crippen molar-refractivity contribution >= 4 is 34.2 Å². The molecule has 1 amide bonds. The summed E-state index contributed by atoms with van der Waals surface area (Å²) >= 11 is 6.75. The van der Waals surface area contributed by atoms with E-state index >= 15 is 0 Å². The molecule has 0 radical (unpaired) electrons. The molecule has 0 aliphatic carbocycles. The van der Waals surface area contributed by atoms with Crippen LogP contribution in [0.4, 0.5) is 0 Å². The minimum Gasteiger partial charge on any atom is -0.293 e. The molecule has 100 valence electrons. The molecular formula is C16H13NOS2. The summed E-state index contributed by atoms with van der Waals surface area (Å²) in [5.74, 6) is 0.895. The summed E-state index contributed by atoms with van der Waals surface area (Å²) in [6.45, 7) is 0.711. The van der Waals surface area contributed by atoms with Gasteiger partial charge in [-0.3, -0.25) is 9.69 Å². The first-order valence-electron chi connectivity index (χ1n) is 6.40. The van der Waals surface area contributed by atoms with Gasteiger partial charge in [-0.15, -0.1) is 0 Å². The summed E-state index contributed by atoms with van der Waals surface area (Å²) in [6.07, 6.45) is 0. The maximum Gasteiger partial charge on any atom is 0.259 e. The zero-order valence-electron chi connectivity index (χ0n) is 10.8. The molecule has 2 aromatic carbocycles. The fraction of sp³-hybridized carbons (Fsp3) is 0.125. The van der Waals surface area contributed by atoms with Crippen LogP contribution >= 0.6 is 24.0 Å². The summed E-state index contributed by atoms with van der Waals surface area (Å²) in [6, 6.07) is 17.8. The molecule has 3 rings (SSSR count). The van der Waals surface area contributed by atoms with Crippen molar-refractivity contribution in [3.63, 3.8) is 0 Å².